The summed E-state index contributed by atoms with van der Waals surface area (Å²) < 4.78 is 0. The van der Waals surface area contributed by atoms with Crippen molar-refractivity contribution in [3.63, 3.8) is 0 Å². The molecule has 1 saturated heterocycles. The van der Waals surface area contributed by atoms with Crippen LogP contribution < -0.4 is 5.73 Å². The largest absolute Gasteiger partial charge is 0.326 e. The molecule has 2 nitrogen and oxygen atoms in total. The SMILES string of the molecule is CC(C)CC1CCN(C)CC1N. The first-order valence-electron chi connectivity index (χ1n) is 5.03. The fourth-order valence-corrected chi connectivity index (χ4v) is 2.10. The molecule has 0 aromatic rings. The second-order valence-electron chi connectivity index (χ2n) is 4.60. The van der Waals surface area contributed by atoms with Crippen molar-refractivity contribution < 1.29 is 0 Å². The summed E-state index contributed by atoms with van der Waals surface area (Å²) in [5.41, 5.74) is 6.08. The molecule has 1 aliphatic rings. The molecule has 2 unspecified atom stereocenters. The van der Waals surface area contributed by atoms with Crippen molar-refractivity contribution in [2.24, 2.45) is 17.6 Å². The van der Waals surface area contributed by atoms with E-state index >= 15 is 0 Å². The highest BCUT2D eigenvalue weighted by Crippen LogP contribution is 2.22. The molecule has 1 aliphatic heterocycles. The second kappa shape index (κ2) is 4.24. The third kappa shape index (κ3) is 2.76. The molecule has 0 aromatic carbocycles. The minimum absolute atomic E-state index is 0.408. The van der Waals surface area contributed by atoms with Crippen LogP contribution in [0.25, 0.3) is 0 Å². The van der Waals surface area contributed by atoms with Crippen molar-refractivity contribution >= 4 is 0 Å². The maximum atomic E-state index is 6.08. The Balaban J connectivity index is 2.34. The Labute approximate surface area is 76.1 Å². The van der Waals surface area contributed by atoms with Gasteiger partial charge in [0.05, 0.1) is 0 Å². The fourth-order valence-electron chi connectivity index (χ4n) is 2.10. The Morgan fingerprint density at radius 3 is 2.67 bits per heavy atom. The number of hydrogen-bond acceptors (Lipinski definition) is 2. The first-order chi connectivity index (χ1) is 5.59. The lowest BCUT2D eigenvalue weighted by molar-refractivity contribution is 0.173. The van der Waals surface area contributed by atoms with Crippen LogP contribution >= 0.6 is 0 Å². The highest BCUT2D eigenvalue weighted by Gasteiger charge is 2.24. The predicted molar refractivity (Wildman–Crippen MR) is 53.0 cm³/mol. The van der Waals surface area contributed by atoms with Gasteiger partial charge in [-0.15, -0.1) is 0 Å². The van der Waals surface area contributed by atoms with E-state index in [0.717, 1.165) is 18.4 Å². The van der Waals surface area contributed by atoms with E-state index in [-0.39, 0.29) is 0 Å². The molecule has 0 bridgehead atoms. The summed E-state index contributed by atoms with van der Waals surface area (Å²) in [5, 5.41) is 0. The third-order valence-electron chi connectivity index (χ3n) is 2.78. The molecular weight excluding hydrogens is 148 g/mol. The number of nitrogens with two attached hydrogens (primary N) is 1. The molecule has 12 heavy (non-hydrogen) atoms. The Morgan fingerprint density at radius 2 is 2.17 bits per heavy atom. The summed E-state index contributed by atoms with van der Waals surface area (Å²) in [5.74, 6) is 1.56. The van der Waals surface area contributed by atoms with Crippen LogP contribution in [0.4, 0.5) is 0 Å². The smallest absolute Gasteiger partial charge is 0.0196 e. The molecule has 72 valence electrons. The molecule has 1 rings (SSSR count). The van der Waals surface area contributed by atoms with Gasteiger partial charge in [0, 0.05) is 12.6 Å². The van der Waals surface area contributed by atoms with Gasteiger partial charge in [0.2, 0.25) is 0 Å². The van der Waals surface area contributed by atoms with Crippen molar-refractivity contribution in [1.82, 2.24) is 4.90 Å². The Morgan fingerprint density at radius 1 is 1.50 bits per heavy atom. The van der Waals surface area contributed by atoms with Gasteiger partial charge in [-0.05, 0) is 38.3 Å². The molecule has 0 spiro atoms. The number of likely N-dealkylation sites (N-methyl/N-ethyl adjacent to an activating group) is 1. The summed E-state index contributed by atoms with van der Waals surface area (Å²) in [6.07, 6.45) is 2.59. The van der Waals surface area contributed by atoms with Crippen LogP contribution in [0.2, 0.25) is 0 Å². The molecule has 2 N–H and O–H groups in total. The fraction of sp³-hybridized carbons (Fsp3) is 1.00. The van der Waals surface area contributed by atoms with E-state index in [9.17, 15) is 0 Å². The molecule has 1 heterocycles. The average Bonchev–Trinajstić information content (AvgIpc) is 1.94. The van der Waals surface area contributed by atoms with E-state index in [4.69, 9.17) is 5.73 Å². The highest BCUT2D eigenvalue weighted by atomic mass is 15.1. The van der Waals surface area contributed by atoms with Gasteiger partial charge in [0.25, 0.3) is 0 Å². The van der Waals surface area contributed by atoms with Crippen LogP contribution in [0.15, 0.2) is 0 Å². The lowest BCUT2D eigenvalue weighted by Gasteiger charge is -2.35. The molecule has 0 saturated carbocycles. The maximum absolute atomic E-state index is 6.08. The molecule has 0 aromatic heterocycles. The van der Waals surface area contributed by atoms with Gasteiger partial charge in [-0.2, -0.15) is 0 Å². The van der Waals surface area contributed by atoms with Crippen molar-refractivity contribution in [1.29, 1.82) is 0 Å². The zero-order valence-electron chi connectivity index (χ0n) is 8.59. The Kier molecular flexibility index (Phi) is 3.53. The van der Waals surface area contributed by atoms with Crippen molar-refractivity contribution in [3.05, 3.63) is 0 Å². The standard InChI is InChI=1S/C10H22N2/c1-8(2)6-9-4-5-12(3)7-10(9)11/h8-10H,4-7,11H2,1-3H3. The molecule has 2 atom stereocenters. The van der Waals surface area contributed by atoms with Crippen LogP contribution in [0, 0.1) is 11.8 Å². The van der Waals surface area contributed by atoms with E-state index < -0.39 is 0 Å². The van der Waals surface area contributed by atoms with Gasteiger partial charge in [0.1, 0.15) is 0 Å². The Hall–Kier alpha value is -0.0800. The molecule has 2 heteroatoms. The Bertz CT molecular complexity index is 134. The van der Waals surface area contributed by atoms with Crippen LogP contribution in [-0.4, -0.2) is 31.1 Å². The number of nitrogens with zero attached hydrogens (tertiary/aromatic N) is 1. The summed E-state index contributed by atoms with van der Waals surface area (Å²) in [4.78, 5) is 2.33. The lowest BCUT2D eigenvalue weighted by Crippen LogP contribution is -2.47. The molecule has 0 radical (unpaired) electrons. The lowest BCUT2D eigenvalue weighted by atomic mass is 9.85. The third-order valence-corrected chi connectivity index (χ3v) is 2.78. The van der Waals surface area contributed by atoms with Crippen LogP contribution in [-0.2, 0) is 0 Å². The van der Waals surface area contributed by atoms with Gasteiger partial charge in [-0.25, -0.2) is 0 Å². The van der Waals surface area contributed by atoms with Crippen LogP contribution in [0.3, 0.4) is 0 Å². The van der Waals surface area contributed by atoms with Crippen molar-refractivity contribution in [2.75, 3.05) is 20.1 Å². The van der Waals surface area contributed by atoms with Crippen molar-refractivity contribution in [3.8, 4) is 0 Å². The first kappa shape index (κ1) is 10.0. The number of piperidine rings is 1. The summed E-state index contributed by atoms with van der Waals surface area (Å²) in [6.45, 7) is 6.87. The maximum Gasteiger partial charge on any atom is 0.0196 e. The number of hydrogen-bond donors (Lipinski definition) is 1. The molecular formula is C10H22N2. The summed E-state index contributed by atoms with van der Waals surface area (Å²) in [6, 6.07) is 0.408. The van der Waals surface area contributed by atoms with E-state index in [1.165, 1.54) is 19.4 Å². The van der Waals surface area contributed by atoms with Crippen LogP contribution in [0.5, 0.6) is 0 Å². The van der Waals surface area contributed by atoms with Crippen LogP contribution in [0.1, 0.15) is 26.7 Å². The van der Waals surface area contributed by atoms with Gasteiger partial charge in [-0.1, -0.05) is 13.8 Å². The second-order valence-corrected chi connectivity index (χ2v) is 4.60. The topological polar surface area (TPSA) is 29.3 Å². The van der Waals surface area contributed by atoms with Gasteiger partial charge in [0.15, 0.2) is 0 Å². The average molecular weight is 170 g/mol. The van der Waals surface area contributed by atoms with E-state index in [2.05, 4.69) is 25.8 Å². The number of rotatable bonds is 2. The van der Waals surface area contributed by atoms with E-state index in [0.29, 0.717) is 6.04 Å². The monoisotopic (exact) mass is 170 g/mol. The van der Waals surface area contributed by atoms with Gasteiger partial charge < -0.3 is 10.6 Å². The summed E-state index contributed by atoms with van der Waals surface area (Å²) >= 11 is 0. The number of likely N-dealkylation sites (tertiary alicyclic amines) is 1. The van der Waals surface area contributed by atoms with Crippen molar-refractivity contribution in [2.45, 2.75) is 32.7 Å². The normalized spacial score (nSPS) is 32.8. The molecule has 0 aliphatic carbocycles. The quantitative estimate of drug-likeness (QED) is 0.677. The zero-order chi connectivity index (χ0) is 9.14. The van der Waals surface area contributed by atoms with E-state index in [1.54, 1.807) is 0 Å². The molecule has 0 amide bonds. The predicted octanol–water partition coefficient (Wildman–Crippen LogP) is 1.31. The minimum Gasteiger partial charge on any atom is -0.326 e. The van der Waals surface area contributed by atoms with Gasteiger partial charge >= 0.3 is 0 Å². The highest BCUT2D eigenvalue weighted by molar-refractivity contribution is 4.82. The van der Waals surface area contributed by atoms with E-state index in [1.807, 2.05) is 0 Å². The minimum atomic E-state index is 0.408. The van der Waals surface area contributed by atoms with Gasteiger partial charge in [-0.3, -0.25) is 0 Å². The first-order valence-corrected chi connectivity index (χ1v) is 5.03. The zero-order valence-corrected chi connectivity index (χ0v) is 8.59. The molecule has 1 fully saturated rings. The summed E-state index contributed by atoms with van der Waals surface area (Å²) in [7, 11) is 2.16.